The van der Waals surface area contributed by atoms with Crippen LogP contribution in [0.3, 0.4) is 0 Å². The van der Waals surface area contributed by atoms with Crippen molar-refractivity contribution in [3.8, 4) is 0 Å². The van der Waals surface area contributed by atoms with Gasteiger partial charge in [0.05, 0.1) is 0 Å². The molecule has 0 N–H and O–H groups in total. The van der Waals surface area contributed by atoms with E-state index in [1.807, 2.05) is 13.0 Å². The molecule has 0 amide bonds. The summed E-state index contributed by atoms with van der Waals surface area (Å²) >= 11 is 0. The lowest BCUT2D eigenvalue weighted by Crippen LogP contribution is -1.66. The predicted molar refractivity (Wildman–Crippen MR) is 43.5 cm³/mol. The first-order valence-corrected chi connectivity index (χ1v) is 3.83. The largest absolute Gasteiger partial charge is 0.207 e. The zero-order chi connectivity index (χ0) is 7.82. The van der Waals surface area contributed by atoms with Crippen LogP contribution in [0.2, 0.25) is 0 Å². The lowest BCUT2D eigenvalue weighted by atomic mass is 10.3. The third-order valence-electron chi connectivity index (χ3n) is 1.13. The topological polar surface area (TPSA) is 0 Å². The second-order valence-electron chi connectivity index (χ2n) is 2.19. The van der Waals surface area contributed by atoms with Gasteiger partial charge in [0, 0.05) is 0 Å². The molecule has 0 aromatic rings. The molecule has 0 aromatic carbocycles. The molecule has 0 rings (SSSR count). The summed E-state index contributed by atoms with van der Waals surface area (Å²) in [5.74, 6) is -0.115. The van der Waals surface area contributed by atoms with Crippen molar-refractivity contribution < 1.29 is 4.39 Å². The average molecular weight is 142 g/mol. The van der Waals surface area contributed by atoms with Crippen molar-refractivity contribution in [2.75, 3.05) is 0 Å². The Hall–Kier alpha value is -0.590. The van der Waals surface area contributed by atoms with Crippen LogP contribution in [0, 0.1) is 0 Å². The first-order chi connectivity index (χ1) is 4.81. The Morgan fingerprint density at radius 1 is 1.40 bits per heavy atom. The fourth-order valence-corrected chi connectivity index (χ4v) is 0.626. The average Bonchev–Trinajstić information content (AvgIpc) is 1.89. The summed E-state index contributed by atoms with van der Waals surface area (Å²) in [6, 6.07) is 0. The van der Waals surface area contributed by atoms with E-state index in [-0.39, 0.29) is 5.83 Å². The number of halogens is 1. The second-order valence-corrected chi connectivity index (χ2v) is 2.19. The van der Waals surface area contributed by atoms with Crippen LogP contribution >= 0.6 is 0 Å². The molecule has 0 aliphatic rings. The van der Waals surface area contributed by atoms with Gasteiger partial charge in [-0.1, -0.05) is 26.3 Å². The van der Waals surface area contributed by atoms with Crippen LogP contribution in [-0.4, -0.2) is 0 Å². The molecule has 0 aliphatic heterocycles. The molecule has 0 heterocycles. The summed E-state index contributed by atoms with van der Waals surface area (Å²) < 4.78 is 12.5. The molecule has 0 radical (unpaired) electrons. The van der Waals surface area contributed by atoms with Gasteiger partial charge in [-0.3, -0.25) is 0 Å². The molecule has 0 saturated heterocycles. The van der Waals surface area contributed by atoms with Gasteiger partial charge < -0.3 is 0 Å². The number of hydrogen-bond acceptors (Lipinski definition) is 0. The highest BCUT2D eigenvalue weighted by molar-refractivity contribution is 5.10. The van der Waals surface area contributed by atoms with E-state index in [9.17, 15) is 4.39 Å². The number of allylic oxidation sites excluding steroid dienone is 4. The summed E-state index contributed by atoms with van der Waals surface area (Å²) in [5, 5.41) is 0. The van der Waals surface area contributed by atoms with Gasteiger partial charge in [0.15, 0.2) is 0 Å². The first kappa shape index (κ1) is 9.41. The van der Waals surface area contributed by atoms with Crippen molar-refractivity contribution in [1.29, 1.82) is 0 Å². The molecule has 0 unspecified atom stereocenters. The summed E-state index contributed by atoms with van der Waals surface area (Å²) in [6.07, 6.45) is 7.78. The molecule has 58 valence electrons. The van der Waals surface area contributed by atoms with Crippen LogP contribution in [0.1, 0.15) is 33.1 Å². The standard InChI is InChI=1S/C9H15F/c1-3-5-6-8-9(10)7-4-2/h6-8H,3-5H2,1-2H3/b8-6-,9-7+. The molecule has 0 saturated carbocycles. The van der Waals surface area contributed by atoms with Crippen LogP contribution in [0.5, 0.6) is 0 Å². The minimum absolute atomic E-state index is 0.115. The molecule has 0 bridgehead atoms. The van der Waals surface area contributed by atoms with Gasteiger partial charge in [-0.2, -0.15) is 0 Å². The maximum Gasteiger partial charge on any atom is 0.118 e. The number of rotatable bonds is 4. The Kier molecular flexibility index (Phi) is 6.14. The van der Waals surface area contributed by atoms with Crippen molar-refractivity contribution in [2.45, 2.75) is 33.1 Å². The van der Waals surface area contributed by atoms with Crippen LogP contribution in [-0.2, 0) is 0 Å². The minimum Gasteiger partial charge on any atom is -0.207 e. The van der Waals surface area contributed by atoms with Crippen molar-refractivity contribution in [2.24, 2.45) is 0 Å². The van der Waals surface area contributed by atoms with E-state index in [4.69, 9.17) is 0 Å². The molecular formula is C9H15F. The Labute approximate surface area is 62.4 Å². The van der Waals surface area contributed by atoms with Gasteiger partial charge in [0.25, 0.3) is 0 Å². The summed E-state index contributed by atoms with van der Waals surface area (Å²) in [5.41, 5.74) is 0. The molecule has 1 heteroatoms. The quantitative estimate of drug-likeness (QED) is 0.526. The molecule has 0 fully saturated rings. The van der Waals surface area contributed by atoms with E-state index in [2.05, 4.69) is 6.92 Å². The maximum atomic E-state index is 12.5. The molecular weight excluding hydrogens is 127 g/mol. The first-order valence-electron chi connectivity index (χ1n) is 3.83. The van der Waals surface area contributed by atoms with Crippen molar-refractivity contribution >= 4 is 0 Å². The summed E-state index contributed by atoms with van der Waals surface area (Å²) in [6.45, 7) is 4.00. The third kappa shape index (κ3) is 5.54. The van der Waals surface area contributed by atoms with Crippen LogP contribution in [0.25, 0.3) is 0 Å². The zero-order valence-electron chi connectivity index (χ0n) is 6.73. The molecule has 0 atom stereocenters. The fraction of sp³-hybridized carbons (Fsp3) is 0.556. The summed E-state index contributed by atoms with van der Waals surface area (Å²) in [7, 11) is 0. The van der Waals surface area contributed by atoms with Crippen LogP contribution < -0.4 is 0 Å². The van der Waals surface area contributed by atoms with E-state index >= 15 is 0 Å². The molecule has 0 aromatic heterocycles. The predicted octanol–water partition coefficient (Wildman–Crippen LogP) is 3.61. The van der Waals surface area contributed by atoms with Crippen molar-refractivity contribution in [1.82, 2.24) is 0 Å². The second kappa shape index (κ2) is 6.53. The Bertz CT molecular complexity index is 123. The molecule has 0 aliphatic carbocycles. The van der Waals surface area contributed by atoms with Crippen LogP contribution in [0.15, 0.2) is 24.1 Å². The van der Waals surface area contributed by atoms with Gasteiger partial charge in [-0.05, 0) is 25.0 Å². The monoisotopic (exact) mass is 142 g/mol. The van der Waals surface area contributed by atoms with Gasteiger partial charge in [0.2, 0.25) is 0 Å². The highest BCUT2D eigenvalue weighted by atomic mass is 19.1. The van der Waals surface area contributed by atoms with Crippen molar-refractivity contribution in [3.05, 3.63) is 24.1 Å². The number of unbranched alkanes of at least 4 members (excludes halogenated alkanes) is 1. The Morgan fingerprint density at radius 2 is 2.10 bits per heavy atom. The van der Waals surface area contributed by atoms with Gasteiger partial charge >= 0.3 is 0 Å². The van der Waals surface area contributed by atoms with E-state index in [0.29, 0.717) is 0 Å². The van der Waals surface area contributed by atoms with Gasteiger partial charge in [-0.25, -0.2) is 4.39 Å². The SMILES string of the molecule is CC/C=C(F)\C=C/CCC. The van der Waals surface area contributed by atoms with E-state index in [1.54, 1.807) is 6.08 Å². The lowest BCUT2D eigenvalue weighted by molar-refractivity contribution is 0.660. The van der Waals surface area contributed by atoms with E-state index in [1.165, 1.54) is 6.08 Å². The van der Waals surface area contributed by atoms with Gasteiger partial charge in [-0.15, -0.1) is 0 Å². The Balaban J connectivity index is 3.55. The lowest BCUT2D eigenvalue weighted by Gasteiger charge is -1.85. The maximum absolute atomic E-state index is 12.5. The summed E-state index contributed by atoms with van der Waals surface area (Å²) in [4.78, 5) is 0. The highest BCUT2D eigenvalue weighted by Gasteiger charge is 1.82. The Morgan fingerprint density at radius 3 is 2.60 bits per heavy atom. The third-order valence-corrected chi connectivity index (χ3v) is 1.13. The van der Waals surface area contributed by atoms with Crippen LogP contribution in [0.4, 0.5) is 4.39 Å². The van der Waals surface area contributed by atoms with Gasteiger partial charge in [0.1, 0.15) is 5.83 Å². The zero-order valence-corrected chi connectivity index (χ0v) is 6.73. The highest BCUT2D eigenvalue weighted by Crippen LogP contribution is 2.01. The number of hydrogen-bond donors (Lipinski definition) is 0. The normalized spacial score (nSPS) is 12.9. The van der Waals surface area contributed by atoms with E-state index < -0.39 is 0 Å². The smallest absolute Gasteiger partial charge is 0.118 e. The fourth-order valence-electron chi connectivity index (χ4n) is 0.626. The molecule has 0 nitrogen and oxygen atoms in total. The van der Waals surface area contributed by atoms with E-state index in [0.717, 1.165) is 19.3 Å². The minimum atomic E-state index is -0.115. The van der Waals surface area contributed by atoms with Crippen molar-refractivity contribution in [3.63, 3.8) is 0 Å². The molecule has 0 spiro atoms. The molecule has 10 heavy (non-hydrogen) atoms.